The van der Waals surface area contributed by atoms with Gasteiger partial charge in [0, 0.05) is 38.3 Å². The summed E-state index contributed by atoms with van der Waals surface area (Å²) in [7, 11) is -3.44. The molecule has 1 saturated carbocycles. The second-order valence-corrected chi connectivity index (χ2v) is 11.5. The van der Waals surface area contributed by atoms with Crippen molar-refractivity contribution in [3.8, 4) is 0 Å². The summed E-state index contributed by atoms with van der Waals surface area (Å²) >= 11 is 0. The maximum Gasteiger partial charge on any atom is 0.419 e. The highest BCUT2D eigenvalue weighted by atomic mass is 32.2. The minimum absolute atomic E-state index is 0.00768. The van der Waals surface area contributed by atoms with E-state index in [0.29, 0.717) is 37.1 Å². The highest BCUT2D eigenvalue weighted by molar-refractivity contribution is 7.90. The maximum atomic E-state index is 14.5. The van der Waals surface area contributed by atoms with Crippen LogP contribution in [-0.4, -0.2) is 50.4 Å². The zero-order chi connectivity index (χ0) is 25.2. The van der Waals surface area contributed by atoms with E-state index in [1.807, 2.05) is 4.90 Å². The average molecular weight is 516 g/mol. The van der Waals surface area contributed by atoms with Crippen LogP contribution in [0.3, 0.4) is 0 Å². The van der Waals surface area contributed by atoms with Gasteiger partial charge < -0.3 is 9.64 Å². The van der Waals surface area contributed by atoms with Crippen molar-refractivity contribution >= 4 is 15.8 Å². The van der Waals surface area contributed by atoms with E-state index in [2.05, 4.69) is 9.97 Å². The van der Waals surface area contributed by atoms with Crippen LogP contribution in [0.4, 0.5) is 23.5 Å². The molecule has 1 aromatic heterocycles. The first kappa shape index (κ1) is 25.8. The molecule has 0 amide bonds. The molecule has 1 aromatic carbocycles. The van der Waals surface area contributed by atoms with Gasteiger partial charge in [-0.1, -0.05) is 6.07 Å². The van der Waals surface area contributed by atoms with E-state index in [4.69, 9.17) is 4.74 Å². The van der Waals surface area contributed by atoms with Gasteiger partial charge in [-0.05, 0) is 68.1 Å². The van der Waals surface area contributed by atoms with Crippen molar-refractivity contribution in [3.63, 3.8) is 0 Å². The number of halogens is 4. The Labute approximate surface area is 202 Å². The van der Waals surface area contributed by atoms with Gasteiger partial charge in [-0.25, -0.2) is 22.8 Å². The Morgan fingerprint density at radius 3 is 2.20 bits per heavy atom. The SMILES string of the molecule is CS(=O)(=O)c1ccc([C@H]2CC[C@H](OCC3CCN(c4ncc(C(F)(F)F)cn4)CC3)CC2)c(F)c1. The Morgan fingerprint density at radius 2 is 1.66 bits per heavy atom. The summed E-state index contributed by atoms with van der Waals surface area (Å²) in [5.41, 5.74) is -0.290. The number of benzene rings is 1. The lowest BCUT2D eigenvalue weighted by atomic mass is 9.82. The quantitative estimate of drug-likeness (QED) is 0.505. The summed E-state index contributed by atoms with van der Waals surface area (Å²) in [6, 6.07) is 4.17. The van der Waals surface area contributed by atoms with Crippen LogP contribution in [0.2, 0.25) is 0 Å². The lowest BCUT2D eigenvalue weighted by Gasteiger charge is -2.34. The maximum absolute atomic E-state index is 14.5. The average Bonchev–Trinajstić information content (AvgIpc) is 2.82. The van der Waals surface area contributed by atoms with Crippen molar-refractivity contribution in [2.45, 2.75) is 61.6 Å². The van der Waals surface area contributed by atoms with Gasteiger partial charge in [-0.3, -0.25) is 0 Å². The number of sulfone groups is 1. The minimum atomic E-state index is -4.45. The predicted octanol–water partition coefficient (Wildman–Crippen LogP) is 5.00. The summed E-state index contributed by atoms with van der Waals surface area (Å²) in [6.07, 6.45) is 3.25. The van der Waals surface area contributed by atoms with E-state index in [9.17, 15) is 26.0 Å². The first-order chi connectivity index (χ1) is 16.5. The molecule has 1 saturated heterocycles. The van der Waals surface area contributed by atoms with E-state index in [0.717, 1.165) is 63.2 Å². The zero-order valence-electron chi connectivity index (χ0n) is 19.5. The number of ether oxygens (including phenoxy) is 1. The molecule has 0 unspecified atom stereocenters. The smallest absolute Gasteiger partial charge is 0.378 e. The highest BCUT2D eigenvalue weighted by Gasteiger charge is 2.32. The van der Waals surface area contributed by atoms with Crippen LogP contribution in [0, 0.1) is 11.7 Å². The van der Waals surface area contributed by atoms with E-state index >= 15 is 0 Å². The third-order valence-electron chi connectivity index (χ3n) is 6.94. The minimum Gasteiger partial charge on any atom is -0.378 e. The van der Waals surface area contributed by atoms with Crippen molar-refractivity contribution in [3.05, 3.63) is 47.5 Å². The van der Waals surface area contributed by atoms with E-state index < -0.39 is 27.4 Å². The van der Waals surface area contributed by atoms with Gasteiger partial charge in [0.15, 0.2) is 9.84 Å². The van der Waals surface area contributed by atoms with Gasteiger partial charge in [-0.15, -0.1) is 0 Å². The Hall–Kier alpha value is -2.27. The van der Waals surface area contributed by atoms with Crippen LogP contribution in [-0.2, 0) is 20.8 Å². The molecule has 35 heavy (non-hydrogen) atoms. The Morgan fingerprint density at radius 1 is 1.03 bits per heavy atom. The van der Waals surface area contributed by atoms with Gasteiger partial charge in [0.2, 0.25) is 5.95 Å². The molecule has 0 bridgehead atoms. The van der Waals surface area contributed by atoms with Crippen LogP contribution in [0.5, 0.6) is 0 Å². The van der Waals surface area contributed by atoms with Crippen molar-refractivity contribution in [1.82, 2.24) is 9.97 Å². The van der Waals surface area contributed by atoms with Crippen LogP contribution in [0.1, 0.15) is 55.6 Å². The summed E-state index contributed by atoms with van der Waals surface area (Å²) < 4.78 is 82.0. The Kier molecular flexibility index (Phi) is 7.65. The monoisotopic (exact) mass is 515 g/mol. The molecule has 4 rings (SSSR count). The number of piperidine rings is 1. The van der Waals surface area contributed by atoms with Gasteiger partial charge in [0.05, 0.1) is 16.6 Å². The molecule has 0 radical (unpaired) electrons. The molecule has 2 fully saturated rings. The Balaban J connectivity index is 1.20. The van der Waals surface area contributed by atoms with Crippen LogP contribution < -0.4 is 4.90 Å². The number of anilines is 1. The second-order valence-electron chi connectivity index (χ2n) is 9.46. The molecular formula is C24H29F4N3O3S. The molecule has 6 nitrogen and oxygen atoms in total. The van der Waals surface area contributed by atoms with Gasteiger partial charge >= 0.3 is 6.18 Å². The third kappa shape index (κ3) is 6.49. The molecule has 2 aliphatic rings. The third-order valence-corrected chi connectivity index (χ3v) is 8.05. The predicted molar refractivity (Wildman–Crippen MR) is 122 cm³/mol. The fraction of sp³-hybridized carbons (Fsp3) is 0.583. The normalized spacial score (nSPS) is 22.4. The second kappa shape index (κ2) is 10.4. The van der Waals surface area contributed by atoms with E-state index in [-0.39, 0.29) is 16.9 Å². The molecule has 11 heteroatoms. The molecule has 0 N–H and O–H groups in total. The summed E-state index contributed by atoms with van der Waals surface area (Å²) in [6.45, 7) is 1.94. The van der Waals surface area contributed by atoms with Crippen LogP contribution in [0.25, 0.3) is 0 Å². The van der Waals surface area contributed by atoms with Gasteiger partial charge in [0.1, 0.15) is 5.82 Å². The van der Waals surface area contributed by atoms with E-state index in [1.165, 1.54) is 6.07 Å². The highest BCUT2D eigenvalue weighted by Crippen LogP contribution is 2.36. The van der Waals surface area contributed by atoms with Gasteiger partial charge in [-0.2, -0.15) is 13.2 Å². The van der Waals surface area contributed by atoms with Crippen molar-refractivity contribution in [1.29, 1.82) is 0 Å². The summed E-state index contributed by atoms with van der Waals surface area (Å²) in [4.78, 5) is 9.64. The van der Waals surface area contributed by atoms with Crippen LogP contribution >= 0.6 is 0 Å². The van der Waals surface area contributed by atoms with E-state index in [1.54, 1.807) is 6.07 Å². The van der Waals surface area contributed by atoms with Crippen molar-refractivity contribution in [2.75, 3.05) is 30.9 Å². The zero-order valence-corrected chi connectivity index (χ0v) is 20.3. The standard InChI is InChI=1S/C24H29F4N3O3S/c1-35(32,33)20-6-7-21(22(25)12-20)17-2-4-19(5-3-17)34-15-16-8-10-31(11-9-16)23-29-13-18(14-30-23)24(26,27)28/h6-7,12-14,16-17,19H,2-5,8-11,15H2,1H3/t17-,19-. The van der Waals surface area contributed by atoms with Gasteiger partial charge in [0.25, 0.3) is 0 Å². The molecule has 192 valence electrons. The molecule has 2 aromatic rings. The number of rotatable bonds is 6. The number of hydrogen-bond donors (Lipinski definition) is 0. The number of hydrogen-bond acceptors (Lipinski definition) is 6. The summed E-state index contributed by atoms with van der Waals surface area (Å²) in [5, 5.41) is 0. The number of aromatic nitrogens is 2. The van der Waals surface area contributed by atoms with Crippen molar-refractivity contribution < 1.29 is 30.7 Å². The Bertz CT molecular complexity index is 1110. The molecule has 0 spiro atoms. The van der Waals surface area contributed by atoms with Crippen molar-refractivity contribution in [2.24, 2.45) is 5.92 Å². The first-order valence-electron chi connectivity index (χ1n) is 11.8. The fourth-order valence-electron chi connectivity index (χ4n) is 4.81. The molecule has 0 atom stereocenters. The lowest BCUT2D eigenvalue weighted by molar-refractivity contribution is -0.138. The summed E-state index contributed by atoms with van der Waals surface area (Å²) in [5.74, 6) is 0.253. The van der Waals surface area contributed by atoms with Crippen LogP contribution in [0.15, 0.2) is 35.5 Å². The molecule has 2 heterocycles. The lowest BCUT2D eigenvalue weighted by Crippen LogP contribution is -2.37. The first-order valence-corrected chi connectivity index (χ1v) is 13.6. The fourth-order valence-corrected chi connectivity index (χ4v) is 5.45. The number of alkyl halides is 3. The molecular weight excluding hydrogens is 486 g/mol. The molecule has 1 aliphatic carbocycles. The largest absolute Gasteiger partial charge is 0.419 e. The topological polar surface area (TPSA) is 72.4 Å². The molecule has 1 aliphatic heterocycles. The number of nitrogens with zero attached hydrogens (tertiary/aromatic N) is 3.